The number of ether oxygens (including phenoxy) is 1. The number of halogens is 2. The van der Waals surface area contributed by atoms with E-state index in [-0.39, 0.29) is 11.7 Å². The van der Waals surface area contributed by atoms with Crippen molar-refractivity contribution < 1.29 is 18.3 Å². The highest BCUT2D eigenvalue weighted by Crippen LogP contribution is 2.39. The van der Waals surface area contributed by atoms with E-state index in [4.69, 9.17) is 4.74 Å². The lowest BCUT2D eigenvalue weighted by atomic mass is 9.89. The van der Waals surface area contributed by atoms with Gasteiger partial charge in [-0.2, -0.15) is 13.9 Å². The zero-order chi connectivity index (χ0) is 17.5. The van der Waals surface area contributed by atoms with E-state index in [1.54, 1.807) is 0 Å². The molecule has 1 amide bonds. The van der Waals surface area contributed by atoms with Gasteiger partial charge in [0, 0.05) is 18.2 Å². The van der Waals surface area contributed by atoms with Crippen LogP contribution in [0.2, 0.25) is 0 Å². The van der Waals surface area contributed by atoms with E-state index in [9.17, 15) is 13.6 Å². The first-order chi connectivity index (χ1) is 11.2. The fourth-order valence-corrected chi connectivity index (χ4v) is 2.89. The van der Waals surface area contributed by atoms with Crippen LogP contribution in [0.15, 0.2) is 30.5 Å². The number of carbonyl (C=O) groups is 1. The average molecular weight is 335 g/mol. The minimum absolute atomic E-state index is 0.0340. The van der Waals surface area contributed by atoms with E-state index in [1.807, 2.05) is 39.0 Å². The quantitative estimate of drug-likeness (QED) is 0.932. The summed E-state index contributed by atoms with van der Waals surface area (Å²) < 4.78 is 31.6. The van der Waals surface area contributed by atoms with Crippen molar-refractivity contribution >= 4 is 5.91 Å². The molecule has 0 fully saturated rings. The number of hydrogen-bond donors (Lipinski definition) is 1. The Hall–Kier alpha value is -2.44. The third-order valence-corrected chi connectivity index (χ3v) is 3.97. The van der Waals surface area contributed by atoms with Gasteiger partial charge in [0.2, 0.25) is 0 Å². The molecule has 1 aliphatic rings. The number of benzene rings is 1. The van der Waals surface area contributed by atoms with Gasteiger partial charge in [-0.25, -0.2) is 4.68 Å². The average Bonchev–Trinajstić information content (AvgIpc) is 2.95. The van der Waals surface area contributed by atoms with Gasteiger partial charge in [0.25, 0.3) is 5.91 Å². The van der Waals surface area contributed by atoms with Crippen molar-refractivity contribution in [1.29, 1.82) is 0 Å². The summed E-state index contributed by atoms with van der Waals surface area (Å²) in [4.78, 5) is 12.4. The lowest BCUT2D eigenvalue weighted by Crippen LogP contribution is -2.41. The number of aryl methyl sites for hydroxylation is 1. The summed E-state index contributed by atoms with van der Waals surface area (Å²) in [6, 6.07) is 6.81. The smallest absolute Gasteiger partial charge is 0.333 e. The van der Waals surface area contributed by atoms with Crippen LogP contribution in [0.5, 0.6) is 5.75 Å². The van der Waals surface area contributed by atoms with Crippen LogP contribution in [0.4, 0.5) is 8.78 Å². The summed E-state index contributed by atoms with van der Waals surface area (Å²) in [7, 11) is 0. The lowest BCUT2D eigenvalue weighted by molar-refractivity contribution is 0.0553. The molecule has 24 heavy (non-hydrogen) atoms. The van der Waals surface area contributed by atoms with Gasteiger partial charge >= 0.3 is 6.55 Å². The minimum atomic E-state index is -2.77. The highest BCUT2D eigenvalue weighted by atomic mass is 19.3. The van der Waals surface area contributed by atoms with E-state index < -0.39 is 18.1 Å². The molecule has 1 aromatic heterocycles. The highest BCUT2D eigenvalue weighted by Gasteiger charge is 2.35. The van der Waals surface area contributed by atoms with Crippen LogP contribution in [0.1, 0.15) is 54.5 Å². The Labute approximate surface area is 138 Å². The van der Waals surface area contributed by atoms with Crippen molar-refractivity contribution in [1.82, 2.24) is 15.1 Å². The predicted molar refractivity (Wildman–Crippen MR) is 84.2 cm³/mol. The monoisotopic (exact) mass is 335 g/mol. The maximum absolute atomic E-state index is 12.6. The molecule has 0 aliphatic carbocycles. The predicted octanol–water partition coefficient (Wildman–Crippen LogP) is 3.62. The molecule has 1 atom stereocenters. The molecule has 2 aromatic rings. The molecule has 128 valence electrons. The number of hydrogen-bond acceptors (Lipinski definition) is 3. The van der Waals surface area contributed by atoms with Crippen molar-refractivity contribution in [3.8, 4) is 5.75 Å². The molecular formula is C17H19F2N3O2. The Morgan fingerprint density at radius 2 is 2.17 bits per heavy atom. The van der Waals surface area contributed by atoms with Crippen molar-refractivity contribution in [3.05, 3.63) is 47.3 Å². The van der Waals surface area contributed by atoms with Crippen LogP contribution >= 0.6 is 0 Å². The maximum Gasteiger partial charge on any atom is 0.333 e. The molecule has 5 nitrogen and oxygen atoms in total. The number of fused-ring (bicyclic) bond motifs is 1. The van der Waals surface area contributed by atoms with Crippen molar-refractivity contribution in [2.24, 2.45) is 0 Å². The lowest BCUT2D eigenvalue weighted by Gasteiger charge is -2.38. The summed E-state index contributed by atoms with van der Waals surface area (Å²) in [6.07, 6.45) is 1.66. The van der Waals surface area contributed by atoms with Gasteiger partial charge in [-0.05, 0) is 38.5 Å². The van der Waals surface area contributed by atoms with E-state index in [0.717, 1.165) is 23.1 Å². The number of aromatic nitrogens is 2. The number of rotatable bonds is 3. The molecule has 1 aliphatic heterocycles. The fourth-order valence-electron chi connectivity index (χ4n) is 2.89. The SMILES string of the molecule is Cc1ccc2c(c1)OC(C)(C)CC2NC(=O)c1ccn(C(F)F)n1. The van der Waals surface area contributed by atoms with Gasteiger partial charge in [-0.1, -0.05) is 12.1 Å². The highest BCUT2D eigenvalue weighted by molar-refractivity contribution is 5.92. The summed E-state index contributed by atoms with van der Waals surface area (Å²) in [6.45, 7) is 3.10. The van der Waals surface area contributed by atoms with Gasteiger partial charge < -0.3 is 10.1 Å². The summed E-state index contributed by atoms with van der Waals surface area (Å²) >= 11 is 0. The molecule has 1 aromatic carbocycles. The molecule has 0 spiro atoms. The third-order valence-electron chi connectivity index (χ3n) is 3.97. The Bertz CT molecular complexity index is 771. The summed E-state index contributed by atoms with van der Waals surface area (Å²) in [5, 5.41) is 6.48. The van der Waals surface area contributed by atoms with Gasteiger partial charge in [0.15, 0.2) is 0 Å². The van der Waals surface area contributed by atoms with Gasteiger partial charge in [-0.15, -0.1) is 0 Å². The number of alkyl halides is 2. The molecule has 7 heteroatoms. The molecule has 0 radical (unpaired) electrons. The summed E-state index contributed by atoms with van der Waals surface area (Å²) in [5.41, 5.74) is 1.46. The number of carbonyl (C=O) groups excluding carboxylic acids is 1. The molecule has 3 rings (SSSR count). The zero-order valence-corrected chi connectivity index (χ0v) is 13.7. The van der Waals surface area contributed by atoms with Crippen LogP contribution in [-0.2, 0) is 0 Å². The van der Waals surface area contributed by atoms with Crippen molar-refractivity contribution in [3.63, 3.8) is 0 Å². The first-order valence-corrected chi connectivity index (χ1v) is 7.69. The zero-order valence-electron chi connectivity index (χ0n) is 13.7. The summed E-state index contributed by atoms with van der Waals surface area (Å²) in [5.74, 6) is 0.248. The van der Waals surface area contributed by atoms with E-state index >= 15 is 0 Å². The first kappa shape index (κ1) is 16.4. The Morgan fingerprint density at radius 1 is 1.42 bits per heavy atom. The molecule has 1 N–H and O–H groups in total. The topological polar surface area (TPSA) is 56.1 Å². The second-order valence-electron chi connectivity index (χ2n) is 6.59. The second-order valence-corrected chi connectivity index (χ2v) is 6.59. The fraction of sp³-hybridized carbons (Fsp3) is 0.412. The van der Waals surface area contributed by atoms with E-state index in [1.165, 1.54) is 6.07 Å². The van der Waals surface area contributed by atoms with Crippen LogP contribution < -0.4 is 10.1 Å². The van der Waals surface area contributed by atoms with Gasteiger partial charge in [0.05, 0.1) is 6.04 Å². The van der Waals surface area contributed by atoms with E-state index in [2.05, 4.69) is 10.4 Å². The number of nitrogens with one attached hydrogen (secondary N) is 1. The molecule has 1 unspecified atom stereocenters. The number of nitrogens with zero attached hydrogens (tertiary/aromatic N) is 2. The van der Waals surface area contributed by atoms with Crippen LogP contribution in [0.3, 0.4) is 0 Å². The normalized spacial score (nSPS) is 18.8. The van der Waals surface area contributed by atoms with Crippen molar-refractivity contribution in [2.45, 2.75) is 45.4 Å². The van der Waals surface area contributed by atoms with Crippen LogP contribution in [-0.4, -0.2) is 21.3 Å². The van der Waals surface area contributed by atoms with Crippen LogP contribution in [0, 0.1) is 6.92 Å². The Kier molecular flexibility index (Phi) is 4.03. The third kappa shape index (κ3) is 3.25. The number of amides is 1. The molecule has 2 heterocycles. The maximum atomic E-state index is 12.6. The first-order valence-electron chi connectivity index (χ1n) is 7.69. The molecular weight excluding hydrogens is 316 g/mol. The largest absolute Gasteiger partial charge is 0.487 e. The van der Waals surface area contributed by atoms with Gasteiger partial charge in [0.1, 0.15) is 17.0 Å². The molecule has 0 saturated heterocycles. The second kappa shape index (κ2) is 5.89. The molecule has 0 bridgehead atoms. The standard InChI is InChI=1S/C17H19F2N3O2/c1-10-4-5-11-13(9-17(2,3)24-14(11)8-10)20-15(23)12-6-7-22(21-12)16(18)19/h4-8,13,16H,9H2,1-3H3,(H,20,23). The van der Waals surface area contributed by atoms with Crippen LogP contribution in [0.25, 0.3) is 0 Å². The minimum Gasteiger partial charge on any atom is -0.487 e. The van der Waals surface area contributed by atoms with Gasteiger partial charge in [-0.3, -0.25) is 4.79 Å². The Morgan fingerprint density at radius 3 is 2.83 bits per heavy atom. The van der Waals surface area contributed by atoms with Crippen molar-refractivity contribution in [2.75, 3.05) is 0 Å². The Balaban J connectivity index is 1.85. The van der Waals surface area contributed by atoms with E-state index in [0.29, 0.717) is 11.1 Å². The molecule has 0 saturated carbocycles.